The zero-order chi connectivity index (χ0) is 14.5. The van der Waals surface area contributed by atoms with Crippen molar-refractivity contribution in [3.05, 3.63) is 62.6 Å². The number of hydrogen-bond donors (Lipinski definition) is 1. The number of hydrogen-bond acceptors (Lipinski definition) is 7. The number of anilines is 1. The first kappa shape index (κ1) is 13.2. The van der Waals surface area contributed by atoms with E-state index in [1.54, 1.807) is 0 Å². The van der Waals surface area contributed by atoms with Crippen molar-refractivity contribution in [2.24, 2.45) is 5.10 Å². The second kappa shape index (κ2) is 5.61. The molecule has 0 unspecified atom stereocenters. The van der Waals surface area contributed by atoms with E-state index in [1.165, 1.54) is 36.6 Å². The molecule has 2 aromatic rings. The molecular formula is C11H8N4O5. The first-order valence-corrected chi connectivity index (χ1v) is 5.33. The Morgan fingerprint density at radius 1 is 1.10 bits per heavy atom. The minimum atomic E-state index is -0.587. The smallest absolute Gasteiger partial charge is 0.316 e. The highest BCUT2D eigenvalue weighted by Crippen LogP contribution is 2.18. The molecule has 1 aromatic carbocycles. The second-order valence-corrected chi connectivity index (χ2v) is 3.60. The normalized spacial score (nSPS) is 10.6. The number of non-ortho nitro benzene ring substituents is 1. The average molecular weight is 276 g/mol. The van der Waals surface area contributed by atoms with Crippen molar-refractivity contribution in [1.82, 2.24) is 0 Å². The Morgan fingerprint density at radius 3 is 2.40 bits per heavy atom. The topological polar surface area (TPSA) is 124 Å². The van der Waals surface area contributed by atoms with Crippen LogP contribution < -0.4 is 5.43 Å². The minimum Gasteiger partial charge on any atom is -0.456 e. The van der Waals surface area contributed by atoms with Gasteiger partial charge in [-0.25, -0.2) is 0 Å². The summed E-state index contributed by atoms with van der Waals surface area (Å²) in [6.45, 7) is 0. The third kappa shape index (κ3) is 2.96. The number of nitrogens with one attached hydrogen (secondary N) is 1. The Kier molecular flexibility index (Phi) is 3.70. The molecule has 102 valence electrons. The molecule has 0 atom stereocenters. The molecule has 0 radical (unpaired) electrons. The maximum absolute atomic E-state index is 10.6. The molecule has 1 heterocycles. The van der Waals surface area contributed by atoms with Crippen molar-refractivity contribution in [2.75, 3.05) is 5.43 Å². The molecule has 0 saturated heterocycles. The largest absolute Gasteiger partial charge is 0.456 e. The average Bonchev–Trinajstić information content (AvgIpc) is 2.88. The van der Waals surface area contributed by atoms with E-state index >= 15 is 0 Å². The van der Waals surface area contributed by atoms with Crippen LogP contribution in [0.1, 0.15) is 5.76 Å². The van der Waals surface area contributed by atoms with Crippen LogP contribution >= 0.6 is 0 Å². The monoisotopic (exact) mass is 276 g/mol. The highest BCUT2D eigenvalue weighted by Gasteiger charge is 2.14. The van der Waals surface area contributed by atoms with E-state index in [4.69, 9.17) is 4.42 Å². The molecule has 0 aliphatic carbocycles. The maximum atomic E-state index is 10.6. The van der Waals surface area contributed by atoms with Gasteiger partial charge in [0.1, 0.15) is 0 Å². The van der Waals surface area contributed by atoms with Gasteiger partial charge in [0.15, 0.2) is 0 Å². The van der Waals surface area contributed by atoms with Crippen molar-refractivity contribution < 1.29 is 14.3 Å². The zero-order valence-electron chi connectivity index (χ0n) is 9.92. The summed E-state index contributed by atoms with van der Waals surface area (Å²) >= 11 is 0. The summed E-state index contributed by atoms with van der Waals surface area (Å²) in [5.41, 5.74) is 2.84. The lowest BCUT2D eigenvalue weighted by Crippen LogP contribution is -1.94. The molecule has 0 fully saturated rings. The van der Waals surface area contributed by atoms with Crippen LogP contribution in [0.15, 0.2) is 46.1 Å². The van der Waals surface area contributed by atoms with Crippen LogP contribution in [0, 0.1) is 20.2 Å². The van der Waals surface area contributed by atoms with Gasteiger partial charge >= 0.3 is 5.69 Å². The Balaban J connectivity index is 2.04. The van der Waals surface area contributed by atoms with E-state index in [1.807, 2.05) is 0 Å². The lowest BCUT2D eigenvalue weighted by Gasteiger charge is -1.98. The highest BCUT2D eigenvalue weighted by atomic mass is 16.6. The molecule has 9 nitrogen and oxygen atoms in total. The van der Waals surface area contributed by atoms with Gasteiger partial charge in [0.2, 0.25) is 5.76 Å². The number of nitro benzene ring substituents is 1. The first-order valence-electron chi connectivity index (χ1n) is 5.33. The van der Waals surface area contributed by atoms with Crippen molar-refractivity contribution in [3.8, 4) is 0 Å². The third-order valence-corrected chi connectivity index (χ3v) is 2.32. The molecule has 0 bridgehead atoms. The van der Waals surface area contributed by atoms with Crippen molar-refractivity contribution >= 4 is 23.3 Å². The molecule has 0 aliphatic rings. The predicted octanol–water partition coefficient (Wildman–Crippen LogP) is 2.54. The van der Waals surface area contributed by atoms with Crippen LogP contribution in [0.25, 0.3) is 0 Å². The lowest BCUT2D eigenvalue weighted by molar-refractivity contribution is -0.385. The van der Waals surface area contributed by atoms with Crippen LogP contribution in [0.2, 0.25) is 0 Å². The summed E-state index contributed by atoms with van der Waals surface area (Å²) in [6, 6.07) is 6.77. The molecule has 0 saturated carbocycles. The van der Waals surface area contributed by atoms with E-state index < -0.39 is 9.85 Å². The molecule has 9 heteroatoms. The van der Waals surface area contributed by atoms with Gasteiger partial charge in [-0.15, -0.1) is 0 Å². The van der Waals surface area contributed by atoms with E-state index in [2.05, 4.69) is 10.5 Å². The van der Waals surface area contributed by atoms with Crippen molar-refractivity contribution in [2.45, 2.75) is 0 Å². The number of furan rings is 1. The summed E-state index contributed by atoms with van der Waals surface area (Å²) in [7, 11) is 0. The van der Waals surface area contributed by atoms with E-state index in [9.17, 15) is 20.2 Å². The van der Waals surface area contributed by atoms with Crippen LogP contribution in [-0.2, 0) is 0 Å². The standard InChI is InChI=1S/C11H8N4O5/c16-14(17)9-3-1-8(2-4-9)13-12-7-11-10(15(18)19)5-6-20-11/h1-7,13H. The molecule has 2 rings (SSSR count). The quantitative estimate of drug-likeness (QED) is 0.508. The van der Waals surface area contributed by atoms with E-state index in [-0.39, 0.29) is 17.1 Å². The number of nitrogens with zero attached hydrogens (tertiary/aromatic N) is 3. The SMILES string of the molecule is O=[N+]([O-])c1ccc(NN=Cc2occc2[N+](=O)[O-])cc1. The van der Waals surface area contributed by atoms with Crippen LogP contribution in [0.5, 0.6) is 0 Å². The summed E-state index contributed by atoms with van der Waals surface area (Å²) < 4.78 is 4.89. The Labute approximate surface area is 111 Å². The van der Waals surface area contributed by atoms with Crippen molar-refractivity contribution in [1.29, 1.82) is 0 Å². The molecule has 1 N–H and O–H groups in total. The number of hydrazone groups is 1. The Morgan fingerprint density at radius 2 is 1.80 bits per heavy atom. The maximum Gasteiger partial charge on any atom is 0.316 e. The summed E-state index contributed by atoms with van der Waals surface area (Å²) in [6.07, 6.45) is 2.34. The number of nitro groups is 2. The highest BCUT2D eigenvalue weighted by molar-refractivity contribution is 5.82. The third-order valence-electron chi connectivity index (χ3n) is 2.32. The molecular weight excluding hydrogens is 268 g/mol. The van der Waals surface area contributed by atoms with Gasteiger partial charge in [-0.1, -0.05) is 0 Å². The van der Waals surface area contributed by atoms with Crippen LogP contribution in [-0.4, -0.2) is 16.1 Å². The fraction of sp³-hybridized carbons (Fsp3) is 0. The van der Waals surface area contributed by atoms with E-state index in [0.717, 1.165) is 6.21 Å². The zero-order valence-corrected chi connectivity index (χ0v) is 9.92. The van der Waals surface area contributed by atoms with Crippen molar-refractivity contribution in [3.63, 3.8) is 0 Å². The molecule has 0 amide bonds. The van der Waals surface area contributed by atoms with E-state index in [0.29, 0.717) is 5.69 Å². The van der Waals surface area contributed by atoms with Gasteiger partial charge in [-0.2, -0.15) is 5.10 Å². The van der Waals surface area contributed by atoms with Gasteiger partial charge in [0, 0.05) is 12.1 Å². The predicted molar refractivity (Wildman–Crippen MR) is 69.7 cm³/mol. The minimum absolute atomic E-state index is 0.00408. The Bertz CT molecular complexity index is 662. The molecule has 20 heavy (non-hydrogen) atoms. The van der Waals surface area contributed by atoms with Gasteiger partial charge < -0.3 is 4.42 Å². The number of rotatable bonds is 5. The summed E-state index contributed by atoms with van der Waals surface area (Å²) in [5.74, 6) is 0.00408. The van der Waals surface area contributed by atoms with Crippen LogP contribution in [0.3, 0.4) is 0 Å². The Hall–Kier alpha value is -3.23. The lowest BCUT2D eigenvalue weighted by atomic mass is 10.3. The van der Waals surface area contributed by atoms with Gasteiger partial charge in [-0.05, 0) is 12.1 Å². The second-order valence-electron chi connectivity index (χ2n) is 3.60. The summed E-state index contributed by atoms with van der Waals surface area (Å²) in [4.78, 5) is 20.0. The molecule has 0 spiro atoms. The van der Waals surface area contributed by atoms with Gasteiger partial charge in [-0.3, -0.25) is 25.7 Å². The number of benzene rings is 1. The molecule has 1 aromatic heterocycles. The van der Waals surface area contributed by atoms with Gasteiger partial charge in [0.05, 0.1) is 34.1 Å². The fourth-order valence-electron chi connectivity index (χ4n) is 1.38. The summed E-state index contributed by atoms with van der Waals surface area (Å²) in [5, 5.41) is 24.8. The fourth-order valence-corrected chi connectivity index (χ4v) is 1.38. The first-order chi connectivity index (χ1) is 9.58. The molecule has 0 aliphatic heterocycles. The van der Waals surface area contributed by atoms with Gasteiger partial charge in [0.25, 0.3) is 5.69 Å². The van der Waals surface area contributed by atoms with Crippen LogP contribution in [0.4, 0.5) is 17.1 Å².